The summed E-state index contributed by atoms with van der Waals surface area (Å²) in [5.74, 6) is 0.748. The quantitative estimate of drug-likeness (QED) is 0.802. The molecule has 0 fully saturated rings. The van der Waals surface area contributed by atoms with Gasteiger partial charge in [-0.1, -0.05) is 12.1 Å². The van der Waals surface area contributed by atoms with Gasteiger partial charge in [0.15, 0.2) is 0 Å². The van der Waals surface area contributed by atoms with Gasteiger partial charge in [-0.05, 0) is 29.8 Å². The lowest BCUT2D eigenvalue weighted by Crippen LogP contribution is -1.99. The van der Waals surface area contributed by atoms with Gasteiger partial charge in [0.25, 0.3) is 0 Å². The number of nitrogens with one attached hydrogen (secondary N) is 1. The standard InChI is InChI=1S/C12H13NO2/c1-15-10-5-2-4-9(8-10)12(14)11-6-3-7-13-11/h2-8,12-14H,1H3. The number of benzene rings is 1. The molecule has 2 aromatic rings. The average molecular weight is 203 g/mol. The average Bonchev–Trinajstić information content (AvgIpc) is 2.81. The normalized spacial score (nSPS) is 12.4. The number of hydrogen-bond donors (Lipinski definition) is 2. The van der Waals surface area contributed by atoms with Crippen LogP contribution in [0.25, 0.3) is 0 Å². The third kappa shape index (κ3) is 2.02. The summed E-state index contributed by atoms with van der Waals surface area (Å²) in [6.45, 7) is 0. The van der Waals surface area contributed by atoms with E-state index in [-0.39, 0.29) is 0 Å². The number of aromatic nitrogens is 1. The Morgan fingerprint density at radius 2 is 2.13 bits per heavy atom. The van der Waals surface area contributed by atoms with Crippen molar-refractivity contribution in [1.82, 2.24) is 4.98 Å². The third-order valence-corrected chi connectivity index (χ3v) is 2.33. The van der Waals surface area contributed by atoms with Gasteiger partial charge in [0.05, 0.1) is 7.11 Å². The molecule has 1 aromatic heterocycles. The molecule has 0 aliphatic rings. The molecule has 2 rings (SSSR count). The summed E-state index contributed by atoms with van der Waals surface area (Å²) >= 11 is 0. The molecule has 3 heteroatoms. The maximum Gasteiger partial charge on any atom is 0.119 e. The number of methoxy groups -OCH3 is 1. The molecule has 0 saturated heterocycles. The molecule has 0 aliphatic heterocycles. The number of hydrogen-bond acceptors (Lipinski definition) is 2. The van der Waals surface area contributed by atoms with E-state index in [0.29, 0.717) is 0 Å². The van der Waals surface area contributed by atoms with Gasteiger partial charge in [0.1, 0.15) is 11.9 Å². The van der Waals surface area contributed by atoms with Crippen LogP contribution in [-0.2, 0) is 0 Å². The predicted octanol–water partition coefficient (Wildman–Crippen LogP) is 2.10. The summed E-state index contributed by atoms with van der Waals surface area (Å²) in [5.41, 5.74) is 1.60. The molecule has 78 valence electrons. The summed E-state index contributed by atoms with van der Waals surface area (Å²) < 4.78 is 5.10. The van der Waals surface area contributed by atoms with Crippen molar-refractivity contribution in [2.75, 3.05) is 7.11 Å². The Hall–Kier alpha value is -1.74. The minimum absolute atomic E-state index is 0.630. The first-order valence-corrected chi connectivity index (χ1v) is 4.76. The molecule has 15 heavy (non-hydrogen) atoms. The Kier molecular flexibility index (Phi) is 2.74. The molecular formula is C12H13NO2. The second-order valence-electron chi connectivity index (χ2n) is 3.30. The highest BCUT2D eigenvalue weighted by Crippen LogP contribution is 2.23. The van der Waals surface area contributed by atoms with E-state index in [1.807, 2.05) is 36.4 Å². The summed E-state index contributed by atoms with van der Waals surface area (Å²) in [6, 6.07) is 11.1. The van der Waals surface area contributed by atoms with Crippen LogP contribution in [-0.4, -0.2) is 17.2 Å². The van der Waals surface area contributed by atoms with Gasteiger partial charge in [-0.3, -0.25) is 0 Å². The Morgan fingerprint density at radius 1 is 1.27 bits per heavy atom. The highest BCUT2D eigenvalue weighted by molar-refractivity contribution is 5.33. The second kappa shape index (κ2) is 4.19. The molecule has 0 amide bonds. The number of ether oxygens (including phenoxy) is 1. The van der Waals surface area contributed by atoms with Crippen LogP contribution in [0.3, 0.4) is 0 Å². The van der Waals surface area contributed by atoms with E-state index in [2.05, 4.69) is 4.98 Å². The molecule has 1 heterocycles. The van der Waals surface area contributed by atoms with Gasteiger partial charge in [0, 0.05) is 11.9 Å². The maximum atomic E-state index is 10.0. The van der Waals surface area contributed by atoms with Crippen LogP contribution in [0.1, 0.15) is 17.4 Å². The van der Waals surface area contributed by atoms with Crippen molar-refractivity contribution in [2.24, 2.45) is 0 Å². The smallest absolute Gasteiger partial charge is 0.119 e. The Bertz CT molecular complexity index is 423. The van der Waals surface area contributed by atoms with Crippen molar-refractivity contribution in [3.63, 3.8) is 0 Å². The summed E-state index contributed by atoms with van der Waals surface area (Å²) in [4.78, 5) is 2.98. The fourth-order valence-electron chi connectivity index (χ4n) is 1.51. The number of aromatic amines is 1. The van der Waals surface area contributed by atoms with E-state index < -0.39 is 6.10 Å². The van der Waals surface area contributed by atoms with Crippen LogP contribution in [0, 0.1) is 0 Å². The van der Waals surface area contributed by atoms with Crippen LogP contribution in [0.4, 0.5) is 0 Å². The van der Waals surface area contributed by atoms with Crippen molar-refractivity contribution < 1.29 is 9.84 Å². The minimum atomic E-state index is -0.630. The third-order valence-electron chi connectivity index (χ3n) is 2.33. The first-order chi connectivity index (χ1) is 7.31. The number of rotatable bonds is 3. The van der Waals surface area contributed by atoms with E-state index >= 15 is 0 Å². The topological polar surface area (TPSA) is 45.2 Å². The molecule has 1 atom stereocenters. The van der Waals surface area contributed by atoms with Gasteiger partial charge in [0.2, 0.25) is 0 Å². The summed E-state index contributed by atoms with van der Waals surface area (Å²) in [6.07, 6.45) is 1.16. The van der Waals surface area contributed by atoms with E-state index in [9.17, 15) is 5.11 Å². The number of aliphatic hydroxyl groups is 1. The Morgan fingerprint density at radius 3 is 2.80 bits per heavy atom. The highest BCUT2D eigenvalue weighted by atomic mass is 16.5. The number of aliphatic hydroxyl groups excluding tert-OH is 1. The molecule has 2 N–H and O–H groups in total. The summed E-state index contributed by atoms with van der Waals surface area (Å²) in [7, 11) is 1.61. The molecule has 0 radical (unpaired) electrons. The molecule has 0 aliphatic carbocycles. The van der Waals surface area contributed by atoms with Gasteiger partial charge in [-0.15, -0.1) is 0 Å². The van der Waals surface area contributed by atoms with Gasteiger partial charge in [-0.25, -0.2) is 0 Å². The molecular weight excluding hydrogens is 190 g/mol. The fourth-order valence-corrected chi connectivity index (χ4v) is 1.51. The van der Waals surface area contributed by atoms with E-state index in [1.165, 1.54) is 0 Å². The van der Waals surface area contributed by atoms with Gasteiger partial charge < -0.3 is 14.8 Å². The molecule has 1 aromatic carbocycles. The Balaban J connectivity index is 2.29. The van der Waals surface area contributed by atoms with Crippen LogP contribution < -0.4 is 4.74 Å². The van der Waals surface area contributed by atoms with E-state index in [4.69, 9.17) is 4.74 Å². The summed E-state index contributed by atoms with van der Waals surface area (Å²) in [5, 5.41) is 10.0. The lowest BCUT2D eigenvalue weighted by atomic mass is 10.1. The predicted molar refractivity (Wildman–Crippen MR) is 57.8 cm³/mol. The van der Waals surface area contributed by atoms with Crippen molar-refractivity contribution in [3.05, 3.63) is 53.9 Å². The largest absolute Gasteiger partial charge is 0.497 e. The fraction of sp³-hybridized carbons (Fsp3) is 0.167. The molecule has 0 saturated carbocycles. The van der Waals surface area contributed by atoms with E-state index in [0.717, 1.165) is 17.0 Å². The van der Waals surface area contributed by atoms with Crippen molar-refractivity contribution in [2.45, 2.75) is 6.10 Å². The Labute approximate surface area is 88.3 Å². The highest BCUT2D eigenvalue weighted by Gasteiger charge is 2.11. The minimum Gasteiger partial charge on any atom is -0.497 e. The first kappa shape index (κ1) is 9.80. The first-order valence-electron chi connectivity index (χ1n) is 4.76. The molecule has 0 spiro atoms. The van der Waals surface area contributed by atoms with Gasteiger partial charge >= 0.3 is 0 Å². The number of H-pyrrole nitrogens is 1. The van der Waals surface area contributed by atoms with Crippen LogP contribution in [0.15, 0.2) is 42.6 Å². The maximum absolute atomic E-state index is 10.0. The molecule has 0 bridgehead atoms. The van der Waals surface area contributed by atoms with Crippen molar-refractivity contribution in [1.29, 1.82) is 0 Å². The lowest BCUT2D eigenvalue weighted by Gasteiger charge is -2.10. The molecule has 1 unspecified atom stereocenters. The van der Waals surface area contributed by atoms with Gasteiger partial charge in [-0.2, -0.15) is 0 Å². The monoisotopic (exact) mass is 203 g/mol. The van der Waals surface area contributed by atoms with Crippen LogP contribution in [0.5, 0.6) is 5.75 Å². The zero-order chi connectivity index (χ0) is 10.7. The second-order valence-corrected chi connectivity index (χ2v) is 3.30. The van der Waals surface area contributed by atoms with Crippen molar-refractivity contribution >= 4 is 0 Å². The molecule has 3 nitrogen and oxygen atoms in total. The van der Waals surface area contributed by atoms with Crippen molar-refractivity contribution in [3.8, 4) is 5.75 Å². The lowest BCUT2D eigenvalue weighted by molar-refractivity contribution is 0.215. The van der Waals surface area contributed by atoms with Crippen LogP contribution in [0.2, 0.25) is 0 Å². The van der Waals surface area contributed by atoms with E-state index in [1.54, 1.807) is 13.3 Å². The zero-order valence-electron chi connectivity index (χ0n) is 8.47. The SMILES string of the molecule is COc1cccc(C(O)c2ccc[nH]2)c1. The van der Waals surface area contributed by atoms with Crippen LogP contribution >= 0.6 is 0 Å². The zero-order valence-corrected chi connectivity index (χ0v) is 8.47.